The number of thioether (sulfide) groups is 1. The van der Waals surface area contributed by atoms with Gasteiger partial charge in [-0.25, -0.2) is 4.79 Å². The molecule has 0 aliphatic rings. The van der Waals surface area contributed by atoms with Crippen molar-refractivity contribution in [2.24, 2.45) is 0 Å². The number of hydrogen-bond donors (Lipinski definition) is 3. The number of hydrogen-bond acceptors (Lipinski definition) is 4. The lowest BCUT2D eigenvalue weighted by Gasteiger charge is -2.17. The molecule has 110 valence electrons. The molecular weight excluding hydrogens is 278 g/mol. The number of aliphatic hydroxyl groups excluding tert-OH is 1. The summed E-state index contributed by atoms with van der Waals surface area (Å²) in [4.78, 5) is 22.9. The van der Waals surface area contributed by atoms with Gasteiger partial charge in [-0.05, 0) is 17.7 Å². The third-order valence-corrected chi connectivity index (χ3v) is 3.82. The number of carbonyl (C=O) groups is 2. The third kappa shape index (κ3) is 5.22. The second-order valence-corrected chi connectivity index (χ2v) is 5.48. The van der Waals surface area contributed by atoms with Crippen LogP contribution in [0.4, 0.5) is 0 Å². The molecule has 0 saturated carbocycles. The number of rotatable bonds is 8. The van der Waals surface area contributed by atoms with Crippen molar-refractivity contribution in [3.63, 3.8) is 0 Å². The summed E-state index contributed by atoms with van der Waals surface area (Å²) < 4.78 is 0. The lowest BCUT2D eigenvalue weighted by Crippen LogP contribution is -2.41. The second kappa shape index (κ2) is 8.60. The molecule has 0 saturated heterocycles. The summed E-state index contributed by atoms with van der Waals surface area (Å²) in [5, 5.41) is 20.2. The quantitative estimate of drug-likeness (QED) is 0.503. The van der Waals surface area contributed by atoms with Gasteiger partial charge in [0.15, 0.2) is 11.5 Å². The van der Waals surface area contributed by atoms with Gasteiger partial charge in [0.2, 0.25) is 0 Å². The van der Waals surface area contributed by atoms with E-state index in [1.807, 2.05) is 6.92 Å². The molecule has 20 heavy (non-hydrogen) atoms. The number of benzene rings is 1. The lowest BCUT2D eigenvalue weighted by atomic mass is 10.1. The van der Waals surface area contributed by atoms with Crippen molar-refractivity contribution in [3.05, 3.63) is 35.9 Å². The van der Waals surface area contributed by atoms with Crippen LogP contribution in [-0.2, 0) is 9.59 Å². The second-order valence-electron chi connectivity index (χ2n) is 4.26. The molecule has 1 amide bonds. The maximum atomic E-state index is 11.9. The molecule has 0 bridgehead atoms. The zero-order valence-corrected chi connectivity index (χ0v) is 12.1. The summed E-state index contributed by atoms with van der Waals surface area (Å²) in [7, 11) is 0. The highest BCUT2D eigenvalue weighted by Crippen LogP contribution is 2.15. The van der Waals surface area contributed by atoms with Crippen molar-refractivity contribution in [3.8, 4) is 0 Å². The van der Waals surface area contributed by atoms with Crippen LogP contribution in [0.5, 0.6) is 0 Å². The fourth-order valence-electron chi connectivity index (χ4n) is 1.52. The van der Waals surface area contributed by atoms with Gasteiger partial charge in [-0.1, -0.05) is 43.7 Å². The van der Waals surface area contributed by atoms with E-state index >= 15 is 0 Å². The third-order valence-electron chi connectivity index (χ3n) is 2.64. The van der Waals surface area contributed by atoms with E-state index < -0.39 is 23.4 Å². The molecular formula is C14H19NO4S. The van der Waals surface area contributed by atoms with Crippen molar-refractivity contribution >= 4 is 23.6 Å². The predicted molar refractivity (Wildman–Crippen MR) is 78.3 cm³/mol. The molecule has 6 heteroatoms. The Morgan fingerprint density at radius 2 is 1.95 bits per heavy atom. The highest BCUT2D eigenvalue weighted by Gasteiger charge is 2.24. The van der Waals surface area contributed by atoms with Crippen LogP contribution in [0.3, 0.4) is 0 Å². The van der Waals surface area contributed by atoms with Gasteiger partial charge < -0.3 is 15.5 Å². The molecule has 3 N–H and O–H groups in total. The zero-order chi connectivity index (χ0) is 15.0. The average Bonchev–Trinajstić information content (AvgIpc) is 2.46. The summed E-state index contributed by atoms with van der Waals surface area (Å²) in [5.74, 6) is -1.16. The first-order chi connectivity index (χ1) is 9.56. The maximum Gasteiger partial charge on any atom is 0.336 e. The minimum Gasteiger partial charge on any atom is -0.479 e. The van der Waals surface area contributed by atoms with Gasteiger partial charge in [-0.15, -0.1) is 11.8 Å². The average molecular weight is 297 g/mol. The Kier molecular flexibility index (Phi) is 7.11. The number of carboxylic acid groups (broad SMARTS) is 1. The van der Waals surface area contributed by atoms with E-state index in [2.05, 4.69) is 5.32 Å². The standard InChI is InChI=1S/C14H19NO4S/c1-2-3-9-20-13(14(18)19)15-12(17)11(16)10-7-5-4-6-8-10/h4-8,11,13,16H,2-3,9H2,1H3,(H,15,17)(H,18,19). The summed E-state index contributed by atoms with van der Waals surface area (Å²) in [5.41, 5.74) is 0.438. The Morgan fingerprint density at radius 1 is 1.30 bits per heavy atom. The van der Waals surface area contributed by atoms with E-state index in [1.54, 1.807) is 30.3 Å². The zero-order valence-electron chi connectivity index (χ0n) is 11.3. The van der Waals surface area contributed by atoms with Gasteiger partial charge >= 0.3 is 5.97 Å². The minimum absolute atomic E-state index is 0.438. The molecule has 5 nitrogen and oxygen atoms in total. The Morgan fingerprint density at radius 3 is 2.50 bits per heavy atom. The van der Waals surface area contributed by atoms with Crippen LogP contribution in [-0.4, -0.2) is 33.2 Å². The van der Waals surface area contributed by atoms with Crippen LogP contribution in [0.25, 0.3) is 0 Å². The van der Waals surface area contributed by atoms with Crippen molar-refractivity contribution in [2.45, 2.75) is 31.2 Å². The predicted octanol–water partition coefficient (Wildman–Crippen LogP) is 1.78. The van der Waals surface area contributed by atoms with Crippen LogP contribution in [0.1, 0.15) is 31.4 Å². The minimum atomic E-state index is -1.36. The smallest absolute Gasteiger partial charge is 0.336 e. The fraction of sp³-hybridized carbons (Fsp3) is 0.429. The van der Waals surface area contributed by atoms with Crippen LogP contribution >= 0.6 is 11.8 Å². The number of aliphatic hydroxyl groups is 1. The van der Waals surface area contributed by atoms with E-state index in [0.29, 0.717) is 11.3 Å². The number of carbonyl (C=O) groups excluding carboxylic acids is 1. The number of aliphatic carboxylic acids is 1. The molecule has 2 unspecified atom stereocenters. The SMILES string of the molecule is CCCCSC(NC(=O)C(O)c1ccccc1)C(=O)O. The van der Waals surface area contributed by atoms with E-state index in [4.69, 9.17) is 5.11 Å². The fourth-order valence-corrected chi connectivity index (χ4v) is 2.55. The molecule has 0 heterocycles. The molecule has 0 aliphatic carbocycles. The van der Waals surface area contributed by atoms with E-state index in [-0.39, 0.29) is 0 Å². The van der Waals surface area contributed by atoms with Gasteiger partial charge in [0.1, 0.15) is 0 Å². The molecule has 0 aromatic heterocycles. The molecule has 1 aromatic rings. The van der Waals surface area contributed by atoms with Crippen LogP contribution in [0.15, 0.2) is 30.3 Å². The largest absolute Gasteiger partial charge is 0.479 e. The Hall–Kier alpha value is -1.53. The molecule has 1 aromatic carbocycles. The lowest BCUT2D eigenvalue weighted by molar-refractivity contribution is -0.140. The van der Waals surface area contributed by atoms with Crippen LogP contribution in [0.2, 0.25) is 0 Å². The van der Waals surface area contributed by atoms with Gasteiger partial charge in [0, 0.05) is 0 Å². The maximum absolute atomic E-state index is 11.9. The summed E-state index contributed by atoms with van der Waals surface area (Å²) in [6, 6.07) is 8.41. The molecule has 0 spiro atoms. The van der Waals surface area contributed by atoms with Gasteiger partial charge in [0.05, 0.1) is 0 Å². The van der Waals surface area contributed by atoms with Crippen molar-refractivity contribution in [2.75, 3.05) is 5.75 Å². The molecule has 2 atom stereocenters. The first-order valence-electron chi connectivity index (χ1n) is 6.44. The number of unbranched alkanes of at least 4 members (excludes halogenated alkanes) is 1. The van der Waals surface area contributed by atoms with E-state index in [1.165, 1.54) is 0 Å². The van der Waals surface area contributed by atoms with Crippen molar-refractivity contribution in [1.29, 1.82) is 0 Å². The number of nitrogens with one attached hydrogen (secondary N) is 1. The monoisotopic (exact) mass is 297 g/mol. The Bertz CT molecular complexity index is 438. The number of carboxylic acids is 1. The molecule has 0 radical (unpaired) electrons. The van der Waals surface area contributed by atoms with E-state index in [0.717, 1.165) is 24.6 Å². The Labute approximate surface area is 122 Å². The topological polar surface area (TPSA) is 86.6 Å². The van der Waals surface area contributed by atoms with Gasteiger partial charge in [-0.3, -0.25) is 4.79 Å². The highest BCUT2D eigenvalue weighted by atomic mass is 32.2. The summed E-state index contributed by atoms with van der Waals surface area (Å²) >= 11 is 1.15. The highest BCUT2D eigenvalue weighted by molar-refractivity contribution is 8.00. The summed E-state index contributed by atoms with van der Waals surface area (Å²) in [6.07, 6.45) is 0.482. The van der Waals surface area contributed by atoms with Crippen LogP contribution in [0, 0.1) is 0 Å². The van der Waals surface area contributed by atoms with Gasteiger partial charge in [-0.2, -0.15) is 0 Å². The molecule has 0 fully saturated rings. The first-order valence-corrected chi connectivity index (χ1v) is 7.49. The summed E-state index contributed by atoms with van der Waals surface area (Å²) in [6.45, 7) is 2.01. The normalized spacial score (nSPS) is 13.5. The Balaban J connectivity index is 2.59. The van der Waals surface area contributed by atoms with Crippen LogP contribution < -0.4 is 5.32 Å². The molecule has 1 rings (SSSR count). The van der Waals surface area contributed by atoms with Crippen molar-refractivity contribution in [1.82, 2.24) is 5.32 Å². The first kappa shape index (κ1) is 16.5. The van der Waals surface area contributed by atoms with Gasteiger partial charge in [0.25, 0.3) is 5.91 Å². The van der Waals surface area contributed by atoms with E-state index in [9.17, 15) is 14.7 Å². The molecule has 0 aliphatic heterocycles. The van der Waals surface area contributed by atoms with Crippen molar-refractivity contribution < 1.29 is 19.8 Å². The number of amides is 1.